The molecule has 1 atom stereocenters. The molecule has 0 spiro atoms. The van der Waals surface area contributed by atoms with Gasteiger partial charge in [-0.15, -0.1) is 12.4 Å². The fourth-order valence-corrected chi connectivity index (χ4v) is 2.60. The Hall–Kier alpha value is -2.11. The molecule has 1 aliphatic heterocycles. The summed E-state index contributed by atoms with van der Waals surface area (Å²) in [5, 5.41) is 11.1. The van der Waals surface area contributed by atoms with Crippen molar-refractivity contribution < 1.29 is 14.6 Å². The van der Waals surface area contributed by atoms with E-state index in [-0.39, 0.29) is 25.1 Å². The van der Waals surface area contributed by atoms with Crippen LogP contribution in [0.3, 0.4) is 0 Å². The van der Waals surface area contributed by atoms with Gasteiger partial charge in [0, 0.05) is 12.4 Å². The van der Waals surface area contributed by atoms with Crippen LogP contribution in [0.15, 0.2) is 42.7 Å². The van der Waals surface area contributed by atoms with E-state index in [1.165, 1.54) is 5.56 Å². The molecule has 0 aliphatic carbocycles. The highest BCUT2D eigenvalue weighted by atomic mass is 35.5. The van der Waals surface area contributed by atoms with Gasteiger partial charge < -0.3 is 15.2 Å². The van der Waals surface area contributed by atoms with E-state index in [9.17, 15) is 4.79 Å². The minimum Gasteiger partial charge on any atom is -0.465 e. The predicted molar refractivity (Wildman–Crippen MR) is 85.3 cm³/mol. The number of aromatic nitrogens is 1. The molecule has 0 bridgehead atoms. The normalized spacial score (nSPS) is 16.3. The number of ether oxygens (including phenoxy) is 1. The Kier molecular flexibility index (Phi) is 5.35. The fraction of sp³-hybridized carbons (Fsp3) is 0.250. The topological polar surface area (TPSA) is 71.5 Å². The van der Waals surface area contributed by atoms with Crippen molar-refractivity contribution in [3.8, 4) is 11.1 Å². The van der Waals surface area contributed by atoms with Crippen molar-refractivity contribution in [1.29, 1.82) is 0 Å². The number of amides is 1. The molecule has 0 saturated heterocycles. The molecule has 22 heavy (non-hydrogen) atoms. The van der Waals surface area contributed by atoms with Crippen molar-refractivity contribution in [3.63, 3.8) is 0 Å². The lowest BCUT2D eigenvalue weighted by molar-refractivity contribution is 0.0427. The number of rotatable bonds is 3. The number of hydrogen-bond donors (Lipinski definition) is 2. The van der Waals surface area contributed by atoms with Crippen LogP contribution in [-0.2, 0) is 11.2 Å². The molecule has 1 aliphatic rings. The van der Waals surface area contributed by atoms with Crippen LogP contribution in [0.5, 0.6) is 0 Å². The standard InChI is InChI=1S/C16H16N2O3.ClH/c19-16(20)18-10-15-14-4-3-11(8-12(14)5-7-21-15)13-2-1-6-17-9-13;/h1-4,6,8-9,15,18H,5,7,10H2,(H,19,20);1H. The molecule has 6 heteroatoms. The summed E-state index contributed by atoms with van der Waals surface area (Å²) in [5.74, 6) is 0. The Morgan fingerprint density at radius 3 is 2.95 bits per heavy atom. The third-order valence-electron chi connectivity index (χ3n) is 3.61. The molecule has 0 radical (unpaired) electrons. The first-order chi connectivity index (χ1) is 10.2. The average molecular weight is 321 g/mol. The van der Waals surface area contributed by atoms with Crippen LogP contribution < -0.4 is 5.32 Å². The zero-order valence-electron chi connectivity index (χ0n) is 11.9. The molecule has 5 nitrogen and oxygen atoms in total. The molecule has 1 aromatic carbocycles. The van der Waals surface area contributed by atoms with E-state index in [0.29, 0.717) is 6.61 Å². The van der Waals surface area contributed by atoms with Gasteiger partial charge >= 0.3 is 6.09 Å². The van der Waals surface area contributed by atoms with E-state index in [1.807, 2.05) is 30.5 Å². The highest BCUT2D eigenvalue weighted by molar-refractivity contribution is 5.85. The van der Waals surface area contributed by atoms with Gasteiger partial charge in [-0.25, -0.2) is 4.79 Å². The van der Waals surface area contributed by atoms with Gasteiger partial charge in [0.05, 0.1) is 13.2 Å². The second kappa shape index (κ2) is 7.24. The van der Waals surface area contributed by atoms with Crippen molar-refractivity contribution in [1.82, 2.24) is 10.3 Å². The van der Waals surface area contributed by atoms with E-state index < -0.39 is 6.09 Å². The maximum absolute atomic E-state index is 10.6. The summed E-state index contributed by atoms with van der Waals surface area (Å²) in [4.78, 5) is 14.8. The van der Waals surface area contributed by atoms with Gasteiger partial charge in [0.2, 0.25) is 0 Å². The zero-order chi connectivity index (χ0) is 14.7. The third-order valence-corrected chi connectivity index (χ3v) is 3.61. The molecule has 3 rings (SSSR count). The fourth-order valence-electron chi connectivity index (χ4n) is 2.60. The first kappa shape index (κ1) is 16.3. The van der Waals surface area contributed by atoms with Crippen LogP contribution in [0.1, 0.15) is 17.2 Å². The smallest absolute Gasteiger partial charge is 0.404 e. The predicted octanol–water partition coefficient (Wildman–Crippen LogP) is 3.05. The maximum atomic E-state index is 10.6. The van der Waals surface area contributed by atoms with Crippen molar-refractivity contribution in [3.05, 3.63) is 53.9 Å². The Morgan fingerprint density at radius 1 is 1.36 bits per heavy atom. The summed E-state index contributed by atoms with van der Waals surface area (Å²) in [7, 11) is 0. The lowest BCUT2D eigenvalue weighted by Gasteiger charge is -2.26. The summed E-state index contributed by atoms with van der Waals surface area (Å²) in [6.45, 7) is 0.879. The number of nitrogens with one attached hydrogen (secondary N) is 1. The number of carbonyl (C=O) groups is 1. The summed E-state index contributed by atoms with van der Waals surface area (Å²) in [6, 6.07) is 10.1. The maximum Gasteiger partial charge on any atom is 0.404 e. The molecule has 2 heterocycles. The SMILES string of the molecule is Cl.O=C(O)NCC1OCCc2cc(-c3cccnc3)ccc21. The molecule has 2 aromatic rings. The van der Waals surface area contributed by atoms with E-state index in [0.717, 1.165) is 23.1 Å². The Morgan fingerprint density at radius 2 is 2.23 bits per heavy atom. The quantitative estimate of drug-likeness (QED) is 0.911. The Labute approximate surface area is 134 Å². The van der Waals surface area contributed by atoms with Crippen molar-refractivity contribution in [2.24, 2.45) is 0 Å². The van der Waals surface area contributed by atoms with Crippen molar-refractivity contribution in [2.75, 3.05) is 13.2 Å². The first-order valence-corrected chi connectivity index (χ1v) is 6.85. The third kappa shape index (κ3) is 3.55. The molecular weight excluding hydrogens is 304 g/mol. The van der Waals surface area contributed by atoms with Gasteiger partial charge in [-0.1, -0.05) is 24.3 Å². The van der Waals surface area contributed by atoms with E-state index in [1.54, 1.807) is 6.20 Å². The van der Waals surface area contributed by atoms with Crippen LogP contribution in [0, 0.1) is 0 Å². The molecule has 1 unspecified atom stereocenters. The highest BCUT2D eigenvalue weighted by Crippen LogP contribution is 2.30. The molecule has 0 saturated carbocycles. The lowest BCUT2D eigenvalue weighted by atomic mass is 9.93. The second-order valence-corrected chi connectivity index (χ2v) is 4.95. The lowest BCUT2D eigenvalue weighted by Crippen LogP contribution is -2.30. The number of pyridine rings is 1. The molecule has 1 aromatic heterocycles. The van der Waals surface area contributed by atoms with E-state index >= 15 is 0 Å². The summed E-state index contributed by atoms with van der Waals surface area (Å²) in [5.41, 5.74) is 4.46. The minimum absolute atomic E-state index is 0. The van der Waals surface area contributed by atoms with E-state index in [4.69, 9.17) is 9.84 Å². The van der Waals surface area contributed by atoms with Crippen LogP contribution in [0.2, 0.25) is 0 Å². The van der Waals surface area contributed by atoms with Crippen molar-refractivity contribution in [2.45, 2.75) is 12.5 Å². The average Bonchev–Trinajstić information content (AvgIpc) is 2.53. The largest absolute Gasteiger partial charge is 0.465 e. The van der Waals surface area contributed by atoms with Gasteiger partial charge in [-0.2, -0.15) is 0 Å². The summed E-state index contributed by atoms with van der Waals surface area (Å²) in [6.07, 6.45) is 3.19. The molecule has 2 N–H and O–H groups in total. The number of hydrogen-bond acceptors (Lipinski definition) is 3. The summed E-state index contributed by atoms with van der Waals surface area (Å²) >= 11 is 0. The zero-order valence-corrected chi connectivity index (χ0v) is 12.7. The Balaban J connectivity index is 0.00000176. The number of benzene rings is 1. The van der Waals surface area contributed by atoms with Gasteiger partial charge in [0.25, 0.3) is 0 Å². The monoisotopic (exact) mass is 320 g/mol. The first-order valence-electron chi connectivity index (χ1n) is 6.85. The van der Waals surface area contributed by atoms with Crippen LogP contribution in [0.4, 0.5) is 4.79 Å². The Bertz CT molecular complexity index is 649. The molecule has 1 amide bonds. The minimum atomic E-state index is -1.03. The van der Waals surface area contributed by atoms with Gasteiger partial charge in [0.1, 0.15) is 6.10 Å². The number of fused-ring (bicyclic) bond motifs is 1. The molecular formula is C16H17ClN2O3. The van der Waals surface area contributed by atoms with Gasteiger partial charge in [0.15, 0.2) is 0 Å². The van der Waals surface area contributed by atoms with Crippen LogP contribution >= 0.6 is 12.4 Å². The number of halogens is 1. The van der Waals surface area contributed by atoms with Crippen molar-refractivity contribution >= 4 is 18.5 Å². The molecule has 116 valence electrons. The van der Waals surface area contributed by atoms with Gasteiger partial charge in [-0.05, 0) is 34.7 Å². The van der Waals surface area contributed by atoms with E-state index in [2.05, 4.69) is 16.4 Å². The highest BCUT2D eigenvalue weighted by Gasteiger charge is 2.21. The molecule has 0 fully saturated rings. The number of carboxylic acid groups (broad SMARTS) is 1. The van der Waals surface area contributed by atoms with Crippen LogP contribution in [-0.4, -0.2) is 29.3 Å². The van der Waals surface area contributed by atoms with Gasteiger partial charge in [-0.3, -0.25) is 4.98 Å². The van der Waals surface area contributed by atoms with Crippen LogP contribution in [0.25, 0.3) is 11.1 Å². The summed E-state index contributed by atoms with van der Waals surface area (Å²) < 4.78 is 5.66. The second-order valence-electron chi connectivity index (χ2n) is 4.95. The number of nitrogens with zero attached hydrogens (tertiary/aromatic N) is 1.